The van der Waals surface area contributed by atoms with Gasteiger partial charge >= 0.3 is 0 Å². The molecule has 0 radical (unpaired) electrons. The van der Waals surface area contributed by atoms with Gasteiger partial charge < -0.3 is 34.5 Å². The molecule has 2 aromatic carbocycles. The van der Waals surface area contributed by atoms with Gasteiger partial charge in [0, 0.05) is 24.0 Å². The van der Waals surface area contributed by atoms with E-state index in [1.54, 1.807) is 35.8 Å². The van der Waals surface area contributed by atoms with E-state index in [2.05, 4.69) is 16.3 Å². The minimum Gasteiger partial charge on any atom is -0.483 e. The second-order valence-corrected chi connectivity index (χ2v) is 12.0. The molecule has 3 amide bonds. The number of aryl methyl sites for hydroxylation is 3. The number of hydrogen-bond acceptors (Lipinski definition) is 9. The Balaban J connectivity index is 1.27. The number of imidazole rings is 2. The second-order valence-electron chi connectivity index (χ2n) is 12.0. The Morgan fingerprint density at radius 3 is 2.42 bits per heavy atom. The molecule has 5 heterocycles. The number of rotatable bonds is 11. The normalized spacial score (nSPS) is 13.3. The number of allylic oxidation sites excluding steroid dienone is 2. The van der Waals surface area contributed by atoms with Crippen LogP contribution in [-0.2, 0) is 24.4 Å². The molecule has 4 aromatic heterocycles. The van der Waals surface area contributed by atoms with Gasteiger partial charge in [0.2, 0.25) is 11.9 Å². The van der Waals surface area contributed by atoms with Crippen LogP contribution in [0.25, 0.3) is 33.0 Å². The summed E-state index contributed by atoms with van der Waals surface area (Å²) in [7, 11) is 0. The first-order valence-corrected chi connectivity index (χ1v) is 15.7. The van der Waals surface area contributed by atoms with E-state index in [9.17, 15) is 14.4 Å². The molecule has 0 atom stereocenters. The first-order valence-electron chi connectivity index (χ1n) is 15.7. The highest BCUT2D eigenvalue weighted by atomic mass is 16.6. The van der Waals surface area contributed by atoms with Gasteiger partial charge in [-0.15, -0.1) is 6.42 Å². The topological polar surface area (TPSA) is 200 Å². The number of amides is 3. The molecule has 15 heteroatoms. The molecular weight excluding hydrogens is 642 g/mol. The fraction of sp³-hybridized carbons (Fsp3) is 0.257. The third-order valence-corrected chi connectivity index (χ3v) is 8.42. The number of anilines is 1. The van der Waals surface area contributed by atoms with Crippen LogP contribution in [0.2, 0.25) is 0 Å². The Morgan fingerprint density at radius 1 is 1.00 bits per heavy atom. The molecule has 254 valence electrons. The van der Waals surface area contributed by atoms with E-state index in [4.69, 9.17) is 41.7 Å². The minimum absolute atomic E-state index is 0.107. The minimum atomic E-state index is -0.650. The number of aromatic nitrogens is 6. The third kappa shape index (κ3) is 5.71. The number of carbonyl (C=O) groups is 3. The van der Waals surface area contributed by atoms with Crippen LogP contribution in [0.15, 0.2) is 46.9 Å². The van der Waals surface area contributed by atoms with Crippen molar-refractivity contribution < 1.29 is 28.3 Å². The van der Waals surface area contributed by atoms with Crippen LogP contribution < -0.4 is 21.5 Å². The summed E-state index contributed by atoms with van der Waals surface area (Å²) < 4.78 is 22.6. The van der Waals surface area contributed by atoms with Gasteiger partial charge in [-0.3, -0.25) is 19.7 Å². The van der Waals surface area contributed by atoms with Crippen LogP contribution in [-0.4, -0.2) is 65.9 Å². The molecule has 0 aliphatic carbocycles. The number of benzene rings is 2. The largest absolute Gasteiger partial charge is 0.483 e. The van der Waals surface area contributed by atoms with E-state index in [-0.39, 0.29) is 42.0 Å². The van der Waals surface area contributed by atoms with Crippen molar-refractivity contribution in [1.29, 1.82) is 0 Å². The van der Waals surface area contributed by atoms with Gasteiger partial charge in [0.1, 0.15) is 46.8 Å². The number of hydrogen-bond donors (Lipinski definition) is 3. The van der Waals surface area contributed by atoms with Gasteiger partial charge in [-0.2, -0.15) is 5.10 Å². The molecule has 1 aliphatic heterocycles. The van der Waals surface area contributed by atoms with Crippen molar-refractivity contribution in [2.45, 2.75) is 46.5 Å². The summed E-state index contributed by atoms with van der Waals surface area (Å²) in [5, 5.41) is 7.96. The van der Waals surface area contributed by atoms with Crippen LogP contribution >= 0.6 is 0 Å². The van der Waals surface area contributed by atoms with Crippen LogP contribution in [0.3, 0.4) is 0 Å². The number of furan rings is 1. The Bertz CT molecular complexity index is 2430. The fourth-order valence-corrected chi connectivity index (χ4v) is 6.13. The standard InChI is InChI=1S/C35H33N9O6/c1-5-8-44-27(11-18(2)41-44)34(47)40-35-39-25-13-21(32(36)45)14-28(50-22-16-48-17-22)30(25)43(35)10-7-6-9-42-20(4)38-26-15-24(33(37)46)31-23(29(26)42)12-19(3)49-31/h1,6-7,11-15,22H,8-10,16-17H2,2-4H3,(H2,36,45)(H2,37,46)(H,39,40,47)/b7-6+. The van der Waals surface area contributed by atoms with Crippen molar-refractivity contribution in [3.8, 4) is 18.1 Å². The van der Waals surface area contributed by atoms with Crippen LogP contribution in [0, 0.1) is 33.1 Å². The van der Waals surface area contributed by atoms with Gasteiger partial charge in [0.25, 0.3) is 11.8 Å². The van der Waals surface area contributed by atoms with Crippen molar-refractivity contribution in [2.75, 3.05) is 18.5 Å². The second kappa shape index (κ2) is 12.6. The van der Waals surface area contributed by atoms with Crippen molar-refractivity contribution in [3.05, 3.63) is 76.6 Å². The van der Waals surface area contributed by atoms with Crippen LogP contribution in [0.5, 0.6) is 5.75 Å². The highest BCUT2D eigenvalue weighted by molar-refractivity contribution is 6.13. The zero-order valence-corrected chi connectivity index (χ0v) is 27.5. The van der Waals surface area contributed by atoms with E-state index in [0.29, 0.717) is 59.1 Å². The summed E-state index contributed by atoms with van der Waals surface area (Å²) in [5.41, 5.74) is 15.5. The molecule has 7 rings (SSSR count). The maximum absolute atomic E-state index is 13.6. The monoisotopic (exact) mass is 675 g/mol. The number of nitrogens with one attached hydrogen (secondary N) is 1. The summed E-state index contributed by atoms with van der Waals surface area (Å²) in [6.45, 7) is 7.01. The maximum atomic E-state index is 13.6. The van der Waals surface area contributed by atoms with E-state index in [1.165, 1.54) is 4.68 Å². The Morgan fingerprint density at radius 2 is 1.74 bits per heavy atom. The lowest BCUT2D eigenvalue weighted by atomic mass is 10.1. The molecule has 1 saturated heterocycles. The molecule has 50 heavy (non-hydrogen) atoms. The fourth-order valence-electron chi connectivity index (χ4n) is 6.13. The number of nitrogens with two attached hydrogens (primary N) is 2. The number of carbonyl (C=O) groups excluding carboxylic acids is 3. The Hall–Kier alpha value is -6.40. The van der Waals surface area contributed by atoms with Crippen LogP contribution in [0.1, 0.15) is 48.5 Å². The first kappa shape index (κ1) is 32.2. The maximum Gasteiger partial charge on any atom is 0.276 e. The highest BCUT2D eigenvalue weighted by Gasteiger charge is 2.26. The van der Waals surface area contributed by atoms with E-state index >= 15 is 0 Å². The molecule has 6 aromatic rings. The van der Waals surface area contributed by atoms with E-state index < -0.39 is 17.7 Å². The van der Waals surface area contributed by atoms with Gasteiger partial charge in [0.05, 0.1) is 41.0 Å². The smallest absolute Gasteiger partial charge is 0.276 e. The van der Waals surface area contributed by atoms with Crippen LogP contribution in [0.4, 0.5) is 5.95 Å². The lowest BCUT2D eigenvalue weighted by Crippen LogP contribution is -2.38. The molecule has 5 N–H and O–H groups in total. The summed E-state index contributed by atoms with van der Waals surface area (Å²) >= 11 is 0. The number of ether oxygens (including phenoxy) is 2. The number of fused-ring (bicyclic) bond motifs is 4. The molecule has 0 spiro atoms. The zero-order valence-electron chi connectivity index (χ0n) is 27.5. The number of nitrogens with zero attached hydrogens (tertiary/aromatic N) is 6. The molecule has 0 bridgehead atoms. The van der Waals surface area contributed by atoms with Gasteiger partial charge in [-0.25, -0.2) is 14.6 Å². The number of primary amides is 2. The number of terminal acetylenes is 1. The molecule has 15 nitrogen and oxygen atoms in total. The Kier molecular flexibility index (Phi) is 8.08. The molecule has 1 fully saturated rings. The van der Waals surface area contributed by atoms with Crippen molar-refractivity contribution in [2.24, 2.45) is 11.5 Å². The predicted octanol–water partition coefficient (Wildman–Crippen LogP) is 3.37. The average Bonchev–Trinajstić information content (AvgIpc) is 3.79. The summed E-state index contributed by atoms with van der Waals surface area (Å²) in [6, 6.07) is 8.28. The zero-order chi connectivity index (χ0) is 35.3. The summed E-state index contributed by atoms with van der Waals surface area (Å²) in [6.07, 6.45) is 9.16. The molecule has 0 unspecified atom stereocenters. The van der Waals surface area contributed by atoms with Gasteiger partial charge in [-0.05, 0) is 51.1 Å². The SMILES string of the molecule is C#CCn1nc(C)cc1C(=O)Nc1nc2cc(C(N)=O)cc(OC3COC3)c2n1C/C=C/Cn1c(C)nc2cc(C(N)=O)c3oc(C)cc3c21. The van der Waals surface area contributed by atoms with Crippen molar-refractivity contribution >= 4 is 56.7 Å². The average molecular weight is 676 g/mol. The summed E-state index contributed by atoms with van der Waals surface area (Å²) in [5.74, 6) is 2.74. The molecular formula is C35H33N9O6. The Labute approximate surface area is 284 Å². The third-order valence-electron chi connectivity index (χ3n) is 8.42. The predicted molar refractivity (Wildman–Crippen MR) is 184 cm³/mol. The highest BCUT2D eigenvalue weighted by Crippen LogP contribution is 2.34. The van der Waals surface area contributed by atoms with Gasteiger partial charge in [0.15, 0.2) is 0 Å². The van der Waals surface area contributed by atoms with E-state index in [0.717, 1.165) is 16.7 Å². The van der Waals surface area contributed by atoms with Gasteiger partial charge in [-0.1, -0.05) is 18.1 Å². The lowest BCUT2D eigenvalue weighted by molar-refractivity contribution is -0.0792. The van der Waals surface area contributed by atoms with E-state index in [1.807, 2.05) is 36.6 Å². The molecule has 0 saturated carbocycles. The van der Waals surface area contributed by atoms with Crippen molar-refractivity contribution in [1.82, 2.24) is 28.9 Å². The lowest BCUT2D eigenvalue weighted by Gasteiger charge is -2.27. The van der Waals surface area contributed by atoms with Crippen molar-refractivity contribution in [3.63, 3.8) is 0 Å². The quantitative estimate of drug-likeness (QED) is 0.136. The first-order chi connectivity index (χ1) is 24.0. The molecule has 1 aliphatic rings. The summed E-state index contributed by atoms with van der Waals surface area (Å²) in [4.78, 5) is 47.4.